The number of amides is 1. The number of carbonyl (C=O) groups excluding carboxylic acids is 1. The van der Waals surface area contributed by atoms with Crippen LogP contribution in [0.25, 0.3) is 0 Å². The lowest BCUT2D eigenvalue weighted by atomic mass is 9.99. The van der Waals surface area contributed by atoms with E-state index in [-0.39, 0.29) is 5.91 Å². The largest absolute Gasteiger partial charge is 0.497 e. The van der Waals surface area contributed by atoms with Gasteiger partial charge in [0.1, 0.15) is 18.1 Å². The van der Waals surface area contributed by atoms with Gasteiger partial charge in [-0.1, -0.05) is 0 Å². The number of piperazine rings is 1. The standard InChI is InChI=1S/C27H32N4O4/c1-18-10-15-34-27(28-18)19-4-7-21(8-5-19)29-26(32)24-9-6-20-16-22(33-3)17-23(25(20)35-24)31-13-11-30(2)12-14-31/h4-5,7-8,10,16-17,24H,6,9,11-15H2,1-3H3,(H,29,32). The maximum absolute atomic E-state index is 13.1. The van der Waals surface area contributed by atoms with Crippen molar-refractivity contribution < 1.29 is 19.0 Å². The summed E-state index contributed by atoms with van der Waals surface area (Å²) in [6, 6.07) is 11.6. The summed E-state index contributed by atoms with van der Waals surface area (Å²) < 4.78 is 17.5. The van der Waals surface area contributed by atoms with Crippen molar-refractivity contribution in [2.45, 2.75) is 25.9 Å². The predicted molar refractivity (Wildman–Crippen MR) is 137 cm³/mol. The molecule has 3 heterocycles. The molecule has 1 atom stereocenters. The van der Waals surface area contributed by atoms with Crippen molar-refractivity contribution >= 4 is 23.2 Å². The van der Waals surface area contributed by atoms with Gasteiger partial charge in [-0.3, -0.25) is 4.79 Å². The van der Waals surface area contributed by atoms with E-state index >= 15 is 0 Å². The quantitative estimate of drug-likeness (QED) is 0.713. The molecule has 1 N–H and O–H groups in total. The van der Waals surface area contributed by atoms with Crippen LogP contribution in [0.3, 0.4) is 0 Å². The zero-order chi connectivity index (χ0) is 24.4. The van der Waals surface area contributed by atoms with E-state index in [1.165, 1.54) is 0 Å². The first-order valence-corrected chi connectivity index (χ1v) is 12.1. The van der Waals surface area contributed by atoms with Gasteiger partial charge in [0.05, 0.1) is 12.8 Å². The number of carbonyl (C=O) groups is 1. The van der Waals surface area contributed by atoms with Crippen LogP contribution in [0, 0.1) is 0 Å². The average Bonchev–Trinajstić information content (AvgIpc) is 2.88. The van der Waals surface area contributed by atoms with Gasteiger partial charge < -0.3 is 29.3 Å². The first-order chi connectivity index (χ1) is 17.0. The molecule has 184 valence electrons. The second-order valence-corrected chi connectivity index (χ2v) is 9.21. The third kappa shape index (κ3) is 5.12. The molecule has 0 spiro atoms. The first-order valence-electron chi connectivity index (χ1n) is 12.1. The minimum atomic E-state index is -0.555. The number of rotatable bonds is 5. The second-order valence-electron chi connectivity index (χ2n) is 9.21. The minimum absolute atomic E-state index is 0.145. The van der Waals surface area contributed by atoms with E-state index in [1.54, 1.807) is 7.11 Å². The van der Waals surface area contributed by atoms with E-state index in [9.17, 15) is 4.79 Å². The fourth-order valence-corrected chi connectivity index (χ4v) is 4.58. The van der Waals surface area contributed by atoms with Crippen molar-refractivity contribution in [3.63, 3.8) is 0 Å². The number of nitrogens with one attached hydrogen (secondary N) is 1. The van der Waals surface area contributed by atoms with Crippen molar-refractivity contribution in [2.75, 3.05) is 57.2 Å². The number of methoxy groups -OCH3 is 1. The smallest absolute Gasteiger partial charge is 0.265 e. The van der Waals surface area contributed by atoms with Crippen LogP contribution in [0.5, 0.6) is 11.5 Å². The van der Waals surface area contributed by atoms with E-state index < -0.39 is 6.10 Å². The normalized spacial score (nSPS) is 20.1. The van der Waals surface area contributed by atoms with Crippen molar-refractivity contribution in [3.8, 4) is 11.5 Å². The van der Waals surface area contributed by atoms with E-state index in [4.69, 9.17) is 14.2 Å². The molecule has 2 aromatic carbocycles. The van der Waals surface area contributed by atoms with Crippen LogP contribution in [0.15, 0.2) is 53.2 Å². The molecule has 2 aromatic rings. The number of benzene rings is 2. The molecule has 35 heavy (non-hydrogen) atoms. The van der Waals surface area contributed by atoms with E-state index in [1.807, 2.05) is 49.4 Å². The van der Waals surface area contributed by atoms with Crippen LogP contribution in [0.1, 0.15) is 24.5 Å². The maximum atomic E-state index is 13.1. The maximum Gasteiger partial charge on any atom is 0.265 e. The molecule has 5 rings (SSSR count). The summed E-state index contributed by atoms with van der Waals surface area (Å²) in [5, 5.41) is 3.01. The van der Waals surface area contributed by atoms with Gasteiger partial charge >= 0.3 is 0 Å². The first kappa shape index (κ1) is 23.2. The minimum Gasteiger partial charge on any atom is -0.497 e. The number of hydrogen-bond acceptors (Lipinski definition) is 7. The Balaban J connectivity index is 1.30. The van der Waals surface area contributed by atoms with Crippen molar-refractivity contribution in [1.29, 1.82) is 0 Å². The molecule has 1 unspecified atom stereocenters. The highest BCUT2D eigenvalue weighted by Crippen LogP contribution is 2.41. The lowest BCUT2D eigenvalue weighted by Crippen LogP contribution is -2.45. The van der Waals surface area contributed by atoms with Crippen molar-refractivity contribution in [3.05, 3.63) is 59.3 Å². The number of aryl methyl sites for hydroxylation is 1. The average molecular weight is 477 g/mol. The molecule has 0 aromatic heterocycles. The Morgan fingerprint density at radius 2 is 1.91 bits per heavy atom. The number of nitrogens with zero attached hydrogens (tertiary/aromatic N) is 3. The SMILES string of the molecule is COc1cc2c(c(N3CCN(C)CC3)c1)OC(C(=O)Nc1ccc(C3=NC(C)=CCO3)cc1)CC2. The molecule has 8 heteroatoms. The Bertz CT molecular complexity index is 1150. The van der Waals surface area contributed by atoms with Crippen LogP contribution in [-0.2, 0) is 16.0 Å². The molecule has 1 amide bonds. The molecule has 0 bridgehead atoms. The third-order valence-corrected chi connectivity index (χ3v) is 6.70. The molecule has 3 aliphatic rings. The van der Waals surface area contributed by atoms with Gasteiger partial charge in [0.2, 0.25) is 5.90 Å². The summed E-state index contributed by atoms with van der Waals surface area (Å²) in [5.41, 5.74) is 4.62. The molecule has 8 nitrogen and oxygen atoms in total. The summed E-state index contributed by atoms with van der Waals surface area (Å²) in [5.74, 6) is 2.07. The molecular formula is C27H32N4O4. The summed E-state index contributed by atoms with van der Waals surface area (Å²) in [6.07, 6.45) is 2.75. The Morgan fingerprint density at radius 1 is 1.14 bits per heavy atom. The summed E-state index contributed by atoms with van der Waals surface area (Å²) in [7, 11) is 3.82. The van der Waals surface area contributed by atoms with Gasteiger partial charge in [-0.2, -0.15) is 0 Å². The van der Waals surface area contributed by atoms with E-state index in [2.05, 4.69) is 27.2 Å². The number of fused-ring (bicyclic) bond motifs is 1. The lowest BCUT2D eigenvalue weighted by Gasteiger charge is -2.37. The fourth-order valence-electron chi connectivity index (χ4n) is 4.58. The number of aliphatic imine (C=N–C) groups is 1. The van der Waals surface area contributed by atoms with Crippen molar-refractivity contribution in [2.24, 2.45) is 4.99 Å². The van der Waals surface area contributed by atoms with Gasteiger partial charge in [-0.15, -0.1) is 0 Å². The highest BCUT2D eigenvalue weighted by molar-refractivity contribution is 5.97. The second kappa shape index (κ2) is 10.00. The Morgan fingerprint density at radius 3 is 2.63 bits per heavy atom. The Kier molecular flexibility index (Phi) is 6.63. The predicted octanol–water partition coefficient (Wildman–Crippen LogP) is 3.46. The van der Waals surface area contributed by atoms with Gasteiger partial charge in [0.25, 0.3) is 5.91 Å². The molecule has 0 radical (unpaired) electrons. The third-order valence-electron chi connectivity index (χ3n) is 6.70. The topological polar surface area (TPSA) is 75.6 Å². The van der Waals surface area contributed by atoms with Gasteiger partial charge in [-0.25, -0.2) is 4.99 Å². The molecular weight excluding hydrogens is 444 g/mol. The molecule has 3 aliphatic heterocycles. The van der Waals surface area contributed by atoms with E-state index in [0.717, 1.165) is 66.6 Å². The molecule has 1 saturated heterocycles. The highest BCUT2D eigenvalue weighted by atomic mass is 16.5. The van der Waals surface area contributed by atoms with E-state index in [0.29, 0.717) is 24.6 Å². The van der Waals surface area contributed by atoms with Crippen LogP contribution in [-0.4, -0.2) is 69.8 Å². The molecule has 1 fully saturated rings. The van der Waals surface area contributed by atoms with Gasteiger partial charge in [0.15, 0.2) is 6.10 Å². The lowest BCUT2D eigenvalue weighted by molar-refractivity contribution is -0.123. The number of allylic oxidation sites excluding steroid dienone is 1. The molecule has 0 saturated carbocycles. The summed E-state index contributed by atoms with van der Waals surface area (Å²) >= 11 is 0. The number of anilines is 2. The summed E-state index contributed by atoms with van der Waals surface area (Å²) in [6.45, 7) is 6.26. The summed E-state index contributed by atoms with van der Waals surface area (Å²) in [4.78, 5) is 22.2. The zero-order valence-corrected chi connectivity index (χ0v) is 20.5. The van der Waals surface area contributed by atoms with Crippen molar-refractivity contribution in [1.82, 2.24) is 4.90 Å². The highest BCUT2D eigenvalue weighted by Gasteiger charge is 2.31. The zero-order valence-electron chi connectivity index (χ0n) is 20.5. The van der Waals surface area contributed by atoms with Crippen LogP contribution >= 0.6 is 0 Å². The van der Waals surface area contributed by atoms with Gasteiger partial charge in [-0.05, 0) is 63.2 Å². The Labute approximate surface area is 206 Å². The van der Waals surface area contributed by atoms with Crippen LogP contribution in [0.2, 0.25) is 0 Å². The van der Waals surface area contributed by atoms with Crippen LogP contribution < -0.4 is 19.7 Å². The van der Waals surface area contributed by atoms with Gasteiger partial charge in [0, 0.05) is 54.8 Å². The van der Waals surface area contributed by atoms with Crippen LogP contribution in [0.4, 0.5) is 11.4 Å². The fraction of sp³-hybridized carbons (Fsp3) is 0.407. The number of likely N-dealkylation sites (N-methyl/N-ethyl adjacent to an activating group) is 1. The Hall–Kier alpha value is -3.52. The number of hydrogen-bond donors (Lipinski definition) is 1. The monoisotopic (exact) mass is 476 g/mol. The number of ether oxygens (including phenoxy) is 3. The molecule has 0 aliphatic carbocycles.